The highest BCUT2D eigenvalue weighted by molar-refractivity contribution is 6.17. The summed E-state index contributed by atoms with van der Waals surface area (Å²) in [6.07, 6.45) is 0.610. The van der Waals surface area contributed by atoms with Gasteiger partial charge in [-0.3, -0.25) is 10.1 Å². The average molecular weight is 241 g/mol. The maximum absolute atomic E-state index is 10.7. The van der Waals surface area contributed by atoms with Crippen LogP contribution >= 0.6 is 11.6 Å². The molecule has 0 saturated heterocycles. The van der Waals surface area contributed by atoms with Gasteiger partial charge in [0.1, 0.15) is 0 Å². The van der Waals surface area contributed by atoms with E-state index in [9.17, 15) is 10.1 Å². The van der Waals surface area contributed by atoms with Crippen molar-refractivity contribution < 1.29 is 9.66 Å². The van der Waals surface area contributed by atoms with Gasteiger partial charge in [-0.25, -0.2) is 0 Å². The molecule has 0 bridgehead atoms. The van der Waals surface area contributed by atoms with Crippen molar-refractivity contribution in [2.45, 2.75) is 6.42 Å². The Morgan fingerprint density at radius 3 is 2.88 bits per heavy atom. The molecule has 0 N–H and O–H groups in total. The SMILES string of the molecule is N#Cc1ccc(OCCCCl)c([N+](=O)[O-])c1. The number of rotatable bonds is 5. The highest BCUT2D eigenvalue weighted by Gasteiger charge is 2.15. The van der Waals surface area contributed by atoms with Crippen molar-refractivity contribution in [2.24, 2.45) is 0 Å². The Morgan fingerprint density at radius 2 is 2.31 bits per heavy atom. The van der Waals surface area contributed by atoms with Crippen molar-refractivity contribution in [1.82, 2.24) is 0 Å². The lowest BCUT2D eigenvalue weighted by molar-refractivity contribution is -0.385. The Kier molecular flexibility index (Phi) is 4.55. The van der Waals surface area contributed by atoms with E-state index in [1.54, 1.807) is 0 Å². The molecular weight excluding hydrogens is 232 g/mol. The largest absolute Gasteiger partial charge is 0.487 e. The lowest BCUT2D eigenvalue weighted by Crippen LogP contribution is -2.01. The van der Waals surface area contributed by atoms with E-state index in [0.717, 1.165) is 0 Å². The zero-order chi connectivity index (χ0) is 12.0. The molecule has 0 heterocycles. The smallest absolute Gasteiger partial charge is 0.312 e. The Morgan fingerprint density at radius 1 is 1.56 bits per heavy atom. The molecular formula is C10H9ClN2O3. The fraction of sp³-hybridized carbons (Fsp3) is 0.300. The van der Waals surface area contributed by atoms with E-state index < -0.39 is 4.92 Å². The first-order chi connectivity index (χ1) is 7.69. The summed E-state index contributed by atoms with van der Waals surface area (Å²) in [7, 11) is 0. The molecule has 1 aromatic carbocycles. The fourth-order valence-corrected chi connectivity index (χ4v) is 1.20. The lowest BCUT2D eigenvalue weighted by atomic mass is 10.2. The summed E-state index contributed by atoms with van der Waals surface area (Å²) in [5.41, 5.74) is 0.0324. The van der Waals surface area contributed by atoms with Crippen molar-refractivity contribution in [2.75, 3.05) is 12.5 Å². The molecule has 0 atom stereocenters. The van der Waals surface area contributed by atoms with Crippen LogP contribution in [0.1, 0.15) is 12.0 Å². The number of nitriles is 1. The first-order valence-electron chi connectivity index (χ1n) is 4.56. The normalized spacial score (nSPS) is 9.50. The van der Waals surface area contributed by atoms with E-state index in [1.165, 1.54) is 18.2 Å². The van der Waals surface area contributed by atoms with Gasteiger partial charge in [0, 0.05) is 11.9 Å². The summed E-state index contributed by atoms with van der Waals surface area (Å²) < 4.78 is 5.20. The molecule has 0 aromatic heterocycles. The van der Waals surface area contributed by atoms with Crippen molar-refractivity contribution in [3.63, 3.8) is 0 Å². The second kappa shape index (κ2) is 5.93. The first kappa shape index (κ1) is 12.3. The third kappa shape index (κ3) is 3.11. The van der Waals surface area contributed by atoms with Crippen molar-refractivity contribution in [1.29, 1.82) is 5.26 Å². The minimum Gasteiger partial charge on any atom is -0.487 e. The molecule has 0 radical (unpaired) electrons. The van der Waals surface area contributed by atoms with Crippen LogP contribution in [-0.2, 0) is 0 Å². The molecule has 5 nitrogen and oxygen atoms in total. The van der Waals surface area contributed by atoms with E-state index >= 15 is 0 Å². The maximum atomic E-state index is 10.7. The van der Waals surface area contributed by atoms with E-state index in [0.29, 0.717) is 18.9 Å². The molecule has 0 fully saturated rings. The summed E-state index contributed by atoms with van der Waals surface area (Å²) in [5, 5.41) is 19.3. The second-order valence-corrected chi connectivity index (χ2v) is 3.32. The van der Waals surface area contributed by atoms with Crippen LogP contribution in [0.5, 0.6) is 5.75 Å². The number of nitro benzene ring substituents is 1. The first-order valence-corrected chi connectivity index (χ1v) is 5.09. The van der Waals surface area contributed by atoms with Gasteiger partial charge in [0.05, 0.1) is 23.2 Å². The zero-order valence-corrected chi connectivity index (χ0v) is 9.11. The molecule has 0 saturated carbocycles. The molecule has 16 heavy (non-hydrogen) atoms. The summed E-state index contributed by atoms with van der Waals surface area (Å²) in [4.78, 5) is 10.1. The average Bonchev–Trinajstić information content (AvgIpc) is 2.29. The molecule has 0 unspecified atom stereocenters. The third-order valence-electron chi connectivity index (χ3n) is 1.82. The minimum absolute atomic E-state index is 0.161. The monoisotopic (exact) mass is 240 g/mol. The fourth-order valence-electron chi connectivity index (χ4n) is 1.09. The Labute approximate surface area is 97.4 Å². The van der Waals surface area contributed by atoms with Crippen LogP contribution in [0.2, 0.25) is 0 Å². The van der Waals surface area contributed by atoms with Gasteiger partial charge in [0.2, 0.25) is 0 Å². The molecule has 0 aliphatic rings. The van der Waals surface area contributed by atoms with Gasteiger partial charge in [0.25, 0.3) is 0 Å². The number of nitro groups is 1. The number of hydrogen-bond donors (Lipinski definition) is 0. The number of nitrogens with zero attached hydrogens (tertiary/aromatic N) is 2. The molecule has 0 aliphatic heterocycles. The topological polar surface area (TPSA) is 76.2 Å². The number of ether oxygens (including phenoxy) is 1. The third-order valence-corrected chi connectivity index (χ3v) is 2.09. The van der Waals surface area contributed by atoms with Crippen LogP contribution < -0.4 is 4.74 Å². The summed E-state index contributed by atoms with van der Waals surface area (Å²) in [5.74, 6) is 0.596. The van der Waals surface area contributed by atoms with Crippen molar-refractivity contribution in [3.05, 3.63) is 33.9 Å². The van der Waals surface area contributed by atoms with E-state index in [-0.39, 0.29) is 17.0 Å². The maximum Gasteiger partial charge on any atom is 0.312 e. The van der Waals surface area contributed by atoms with E-state index in [2.05, 4.69) is 0 Å². The van der Waals surface area contributed by atoms with Gasteiger partial charge in [-0.2, -0.15) is 5.26 Å². The predicted octanol–water partition coefficient (Wildman–Crippen LogP) is 2.47. The van der Waals surface area contributed by atoms with Gasteiger partial charge in [-0.1, -0.05) is 0 Å². The molecule has 0 spiro atoms. The van der Waals surface area contributed by atoms with Crippen LogP contribution in [0.3, 0.4) is 0 Å². The number of benzene rings is 1. The van der Waals surface area contributed by atoms with Crippen molar-refractivity contribution in [3.8, 4) is 11.8 Å². The Balaban J connectivity index is 2.91. The Bertz CT molecular complexity index is 429. The molecule has 0 aliphatic carbocycles. The van der Waals surface area contributed by atoms with Gasteiger partial charge in [-0.15, -0.1) is 11.6 Å². The minimum atomic E-state index is -0.573. The van der Waals surface area contributed by atoms with Gasteiger partial charge >= 0.3 is 5.69 Å². The summed E-state index contributed by atoms with van der Waals surface area (Å²) >= 11 is 5.46. The highest BCUT2D eigenvalue weighted by atomic mass is 35.5. The molecule has 0 amide bonds. The van der Waals surface area contributed by atoms with Crippen LogP contribution in [0.15, 0.2) is 18.2 Å². The van der Waals surface area contributed by atoms with E-state index in [1.807, 2.05) is 6.07 Å². The molecule has 1 aromatic rings. The van der Waals surface area contributed by atoms with Crippen LogP contribution in [0.25, 0.3) is 0 Å². The van der Waals surface area contributed by atoms with Gasteiger partial charge < -0.3 is 4.74 Å². The van der Waals surface area contributed by atoms with Crippen LogP contribution in [0, 0.1) is 21.4 Å². The summed E-state index contributed by atoms with van der Waals surface area (Å²) in [6.45, 7) is 0.316. The number of hydrogen-bond acceptors (Lipinski definition) is 4. The second-order valence-electron chi connectivity index (χ2n) is 2.94. The van der Waals surface area contributed by atoms with Crippen LogP contribution in [0.4, 0.5) is 5.69 Å². The van der Waals surface area contributed by atoms with Gasteiger partial charge in [-0.05, 0) is 18.6 Å². The molecule has 6 heteroatoms. The highest BCUT2D eigenvalue weighted by Crippen LogP contribution is 2.27. The predicted molar refractivity (Wildman–Crippen MR) is 58.6 cm³/mol. The quantitative estimate of drug-likeness (QED) is 0.343. The molecule has 1 rings (SSSR count). The van der Waals surface area contributed by atoms with E-state index in [4.69, 9.17) is 21.6 Å². The zero-order valence-electron chi connectivity index (χ0n) is 8.35. The molecule has 84 valence electrons. The Hall–Kier alpha value is -1.80. The van der Waals surface area contributed by atoms with Crippen molar-refractivity contribution >= 4 is 17.3 Å². The standard InChI is InChI=1S/C10H9ClN2O3/c11-4-1-5-16-10-3-2-8(7-12)6-9(10)13(14)15/h2-3,6H,1,4-5H2. The number of alkyl halides is 1. The van der Waals surface area contributed by atoms with Crippen LogP contribution in [-0.4, -0.2) is 17.4 Å². The number of halogens is 1. The lowest BCUT2D eigenvalue weighted by Gasteiger charge is -2.05. The van der Waals surface area contributed by atoms with Gasteiger partial charge in [0.15, 0.2) is 5.75 Å². The summed E-state index contributed by atoms with van der Waals surface area (Å²) in [6, 6.07) is 5.92.